The molecule has 5 aromatic rings. The molecule has 2 N–H and O–H groups in total. The molecule has 4 heteroatoms. The van der Waals surface area contributed by atoms with Crippen molar-refractivity contribution in [2.75, 3.05) is 5.73 Å². The number of anilines is 1. The van der Waals surface area contributed by atoms with E-state index in [0.717, 1.165) is 38.8 Å². The minimum Gasteiger partial charge on any atom is -0.456 e. The van der Waals surface area contributed by atoms with Gasteiger partial charge >= 0.3 is 0 Å². The van der Waals surface area contributed by atoms with Crippen LogP contribution in [0.5, 0.6) is 11.5 Å². The number of hydrogen-bond donors (Lipinski definition) is 1. The van der Waals surface area contributed by atoms with Crippen LogP contribution >= 0.6 is 0 Å². The maximum absolute atomic E-state index is 6.00. The van der Waals surface area contributed by atoms with Crippen LogP contribution in [0.3, 0.4) is 0 Å². The van der Waals surface area contributed by atoms with Gasteiger partial charge in [-0.25, -0.2) is 4.98 Å². The number of nitrogen functional groups attached to an aromatic ring is 1. The molecule has 0 aliphatic carbocycles. The average molecular weight is 352 g/mol. The van der Waals surface area contributed by atoms with Gasteiger partial charge in [-0.2, -0.15) is 0 Å². The summed E-state index contributed by atoms with van der Waals surface area (Å²) in [5, 5.41) is 2.21. The van der Waals surface area contributed by atoms with Gasteiger partial charge in [0.05, 0.1) is 0 Å². The van der Waals surface area contributed by atoms with Crippen molar-refractivity contribution >= 4 is 27.8 Å². The number of fused-ring (bicyclic) bond motifs is 3. The SMILES string of the molecule is Nc1ncc(-c2ccc3c(c2)oc2ccccc23)cc1Oc1ccccc1. The number of aromatic nitrogens is 1. The average Bonchev–Trinajstić information content (AvgIpc) is 3.08. The highest BCUT2D eigenvalue weighted by Gasteiger charge is 2.10. The molecular weight excluding hydrogens is 336 g/mol. The summed E-state index contributed by atoms with van der Waals surface area (Å²) < 4.78 is 11.9. The Hall–Kier alpha value is -3.79. The van der Waals surface area contributed by atoms with Crippen LogP contribution in [0.15, 0.2) is 89.5 Å². The third kappa shape index (κ3) is 2.77. The van der Waals surface area contributed by atoms with Crippen molar-refractivity contribution in [1.29, 1.82) is 0 Å². The number of hydrogen-bond acceptors (Lipinski definition) is 4. The summed E-state index contributed by atoms with van der Waals surface area (Å²) in [4.78, 5) is 4.30. The maximum Gasteiger partial charge on any atom is 0.170 e. The van der Waals surface area contributed by atoms with Crippen LogP contribution in [-0.4, -0.2) is 4.98 Å². The fourth-order valence-corrected chi connectivity index (χ4v) is 3.22. The molecule has 27 heavy (non-hydrogen) atoms. The smallest absolute Gasteiger partial charge is 0.170 e. The van der Waals surface area contributed by atoms with Crippen LogP contribution in [0.1, 0.15) is 0 Å². The molecule has 3 aromatic carbocycles. The normalized spacial score (nSPS) is 11.1. The lowest BCUT2D eigenvalue weighted by atomic mass is 10.0. The van der Waals surface area contributed by atoms with E-state index in [4.69, 9.17) is 14.9 Å². The fourth-order valence-electron chi connectivity index (χ4n) is 3.22. The van der Waals surface area contributed by atoms with Crippen LogP contribution in [-0.2, 0) is 0 Å². The number of pyridine rings is 1. The van der Waals surface area contributed by atoms with Crippen LogP contribution in [0.25, 0.3) is 33.1 Å². The number of furan rings is 1. The highest BCUT2D eigenvalue weighted by molar-refractivity contribution is 6.05. The first kappa shape index (κ1) is 15.5. The van der Waals surface area contributed by atoms with Crippen molar-refractivity contribution in [3.8, 4) is 22.6 Å². The van der Waals surface area contributed by atoms with Gasteiger partial charge in [0.25, 0.3) is 0 Å². The molecule has 2 aromatic heterocycles. The molecule has 0 fully saturated rings. The molecule has 0 saturated carbocycles. The summed E-state index contributed by atoms with van der Waals surface area (Å²) in [6, 6.07) is 25.6. The highest BCUT2D eigenvalue weighted by Crippen LogP contribution is 2.34. The molecule has 5 rings (SSSR count). The molecule has 0 bridgehead atoms. The van der Waals surface area contributed by atoms with Crippen molar-refractivity contribution in [3.63, 3.8) is 0 Å². The molecular formula is C23H16N2O2. The van der Waals surface area contributed by atoms with E-state index in [9.17, 15) is 0 Å². The second-order valence-electron chi connectivity index (χ2n) is 6.33. The van der Waals surface area contributed by atoms with Crippen molar-refractivity contribution in [3.05, 3.63) is 85.1 Å². The second kappa shape index (κ2) is 6.18. The Morgan fingerprint density at radius 2 is 1.52 bits per heavy atom. The molecule has 130 valence electrons. The van der Waals surface area contributed by atoms with Crippen LogP contribution in [0, 0.1) is 0 Å². The minimum atomic E-state index is 0.354. The Balaban J connectivity index is 1.57. The zero-order valence-corrected chi connectivity index (χ0v) is 14.4. The molecule has 0 radical (unpaired) electrons. The number of nitrogens with two attached hydrogens (primary N) is 1. The van der Waals surface area contributed by atoms with Gasteiger partial charge in [-0.3, -0.25) is 0 Å². The van der Waals surface area contributed by atoms with E-state index >= 15 is 0 Å². The molecule has 0 saturated heterocycles. The van der Waals surface area contributed by atoms with Gasteiger partial charge in [-0.15, -0.1) is 0 Å². The van der Waals surface area contributed by atoms with E-state index in [1.807, 2.05) is 60.7 Å². The maximum atomic E-state index is 6.00. The van der Waals surface area contributed by atoms with E-state index in [0.29, 0.717) is 11.6 Å². The monoisotopic (exact) mass is 352 g/mol. The first-order valence-electron chi connectivity index (χ1n) is 8.68. The summed E-state index contributed by atoms with van der Waals surface area (Å²) in [5.41, 5.74) is 9.64. The predicted molar refractivity (Wildman–Crippen MR) is 108 cm³/mol. The first-order valence-corrected chi connectivity index (χ1v) is 8.68. The topological polar surface area (TPSA) is 61.3 Å². The Bertz CT molecular complexity index is 1260. The summed E-state index contributed by atoms with van der Waals surface area (Å²) >= 11 is 0. The summed E-state index contributed by atoms with van der Waals surface area (Å²) in [7, 11) is 0. The minimum absolute atomic E-state index is 0.354. The lowest BCUT2D eigenvalue weighted by molar-refractivity contribution is 0.483. The first-order chi connectivity index (χ1) is 13.3. The number of nitrogens with zero attached hydrogens (tertiary/aromatic N) is 1. The summed E-state index contributed by atoms with van der Waals surface area (Å²) in [5.74, 6) is 1.60. The van der Waals surface area contributed by atoms with Crippen molar-refractivity contribution < 1.29 is 9.15 Å². The zero-order valence-electron chi connectivity index (χ0n) is 14.4. The van der Waals surface area contributed by atoms with E-state index in [1.165, 1.54) is 0 Å². The molecule has 0 spiro atoms. The Morgan fingerprint density at radius 1 is 0.741 bits per heavy atom. The zero-order chi connectivity index (χ0) is 18.2. The van der Waals surface area contributed by atoms with Crippen molar-refractivity contribution in [1.82, 2.24) is 4.98 Å². The predicted octanol–water partition coefficient (Wildman–Crippen LogP) is 6.02. The summed E-state index contributed by atoms with van der Waals surface area (Å²) in [6.07, 6.45) is 1.75. The largest absolute Gasteiger partial charge is 0.456 e. The van der Waals surface area contributed by atoms with E-state index < -0.39 is 0 Å². The number of ether oxygens (including phenoxy) is 1. The lowest BCUT2D eigenvalue weighted by Gasteiger charge is -2.10. The molecule has 0 aliphatic rings. The van der Waals surface area contributed by atoms with E-state index in [-0.39, 0.29) is 0 Å². The number of para-hydroxylation sites is 2. The van der Waals surface area contributed by atoms with Crippen LogP contribution in [0.4, 0.5) is 5.82 Å². The van der Waals surface area contributed by atoms with Gasteiger partial charge in [0.2, 0.25) is 0 Å². The van der Waals surface area contributed by atoms with Crippen LogP contribution in [0.2, 0.25) is 0 Å². The van der Waals surface area contributed by atoms with Crippen LogP contribution < -0.4 is 10.5 Å². The number of rotatable bonds is 3. The molecule has 0 unspecified atom stereocenters. The summed E-state index contributed by atoms with van der Waals surface area (Å²) in [6.45, 7) is 0. The third-order valence-corrected chi connectivity index (χ3v) is 4.56. The quantitative estimate of drug-likeness (QED) is 0.431. The Labute approximate surface area is 155 Å². The second-order valence-corrected chi connectivity index (χ2v) is 6.33. The molecule has 0 aliphatic heterocycles. The standard InChI is InChI=1S/C23H16N2O2/c24-23-22(26-17-6-2-1-3-7-17)13-16(14-25-23)15-10-11-19-18-8-4-5-9-20(18)27-21(19)12-15/h1-14H,(H2,24,25). The molecule has 2 heterocycles. The fraction of sp³-hybridized carbons (Fsp3) is 0. The third-order valence-electron chi connectivity index (χ3n) is 4.56. The lowest BCUT2D eigenvalue weighted by Crippen LogP contribution is -1.96. The van der Waals surface area contributed by atoms with E-state index in [2.05, 4.69) is 23.2 Å². The molecule has 0 amide bonds. The van der Waals surface area contributed by atoms with Crippen molar-refractivity contribution in [2.45, 2.75) is 0 Å². The van der Waals surface area contributed by atoms with Gasteiger partial charge in [-0.05, 0) is 42.0 Å². The van der Waals surface area contributed by atoms with Gasteiger partial charge in [0, 0.05) is 22.5 Å². The van der Waals surface area contributed by atoms with Crippen molar-refractivity contribution in [2.24, 2.45) is 0 Å². The van der Waals surface area contributed by atoms with Gasteiger partial charge in [-0.1, -0.05) is 42.5 Å². The molecule has 4 nitrogen and oxygen atoms in total. The van der Waals surface area contributed by atoms with Gasteiger partial charge < -0.3 is 14.9 Å². The van der Waals surface area contributed by atoms with Gasteiger partial charge in [0.1, 0.15) is 16.9 Å². The Morgan fingerprint density at radius 3 is 2.41 bits per heavy atom. The molecule has 0 atom stereocenters. The number of benzene rings is 3. The van der Waals surface area contributed by atoms with E-state index in [1.54, 1.807) is 6.20 Å². The Kier molecular flexibility index (Phi) is 3.54. The van der Waals surface area contributed by atoms with Gasteiger partial charge in [0.15, 0.2) is 11.6 Å². The highest BCUT2D eigenvalue weighted by atomic mass is 16.5.